The molecule has 1 heterocycles. The van der Waals surface area contributed by atoms with Gasteiger partial charge in [0, 0.05) is 35.8 Å². The van der Waals surface area contributed by atoms with Gasteiger partial charge in [0.1, 0.15) is 11.9 Å². The molecule has 5 nitrogen and oxygen atoms in total. The number of benzene rings is 2. The second-order valence-corrected chi connectivity index (χ2v) is 11.5. The number of fused-ring (bicyclic) bond motifs is 1. The molecule has 0 bridgehead atoms. The number of nitrogens with one attached hydrogen (secondary N) is 1. The van der Waals surface area contributed by atoms with Gasteiger partial charge in [0.2, 0.25) is 10.0 Å². The highest BCUT2D eigenvalue weighted by Gasteiger charge is 2.35. The van der Waals surface area contributed by atoms with Crippen LogP contribution in [0.15, 0.2) is 42.6 Å². The van der Waals surface area contributed by atoms with Crippen molar-refractivity contribution in [3.8, 4) is 17.2 Å². The Bertz CT molecular complexity index is 1290. The molecule has 3 aromatic rings. The number of aromatic nitrogens is 1. The molecule has 1 N–H and O–H groups in total. The first-order chi connectivity index (χ1) is 14.6. The second-order valence-electron chi connectivity index (χ2n) is 9.41. The van der Waals surface area contributed by atoms with Crippen LogP contribution >= 0.6 is 0 Å². The molecular weight excluding hydrogens is 413 g/mol. The molecule has 1 aliphatic rings. The zero-order chi connectivity index (χ0) is 22.4. The van der Waals surface area contributed by atoms with Crippen molar-refractivity contribution < 1.29 is 12.8 Å². The zero-order valence-electron chi connectivity index (χ0n) is 17.9. The van der Waals surface area contributed by atoms with Gasteiger partial charge >= 0.3 is 0 Å². The van der Waals surface area contributed by atoms with E-state index in [2.05, 4.69) is 30.1 Å². The van der Waals surface area contributed by atoms with Crippen LogP contribution in [-0.2, 0) is 23.1 Å². The molecule has 1 aromatic heterocycles. The van der Waals surface area contributed by atoms with Gasteiger partial charge in [-0.25, -0.2) is 17.5 Å². The molecule has 31 heavy (non-hydrogen) atoms. The molecule has 0 amide bonds. The number of nitriles is 1. The Hall–Kier alpha value is -2.69. The molecule has 1 saturated carbocycles. The number of nitrogens with zero attached hydrogens (tertiary/aromatic N) is 2. The van der Waals surface area contributed by atoms with Crippen molar-refractivity contribution in [1.82, 2.24) is 9.29 Å². The monoisotopic (exact) mass is 439 g/mol. The summed E-state index contributed by atoms with van der Waals surface area (Å²) in [5.74, 6) is -0.541. The summed E-state index contributed by atoms with van der Waals surface area (Å²) in [5, 5.41) is 10.1. The molecule has 0 unspecified atom stereocenters. The van der Waals surface area contributed by atoms with E-state index in [-0.39, 0.29) is 22.8 Å². The van der Waals surface area contributed by atoms with Crippen molar-refractivity contribution in [2.45, 2.75) is 52.0 Å². The maximum atomic E-state index is 14.1. The fourth-order valence-electron chi connectivity index (χ4n) is 3.87. The zero-order valence-corrected chi connectivity index (χ0v) is 18.8. The van der Waals surface area contributed by atoms with E-state index in [1.54, 1.807) is 12.1 Å². The summed E-state index contributed by atoms with van der Waals surface area (Å²) in [7, 11) is -3.28. The summed E-state index contributed by atoms with van der Waals surface area (Å²) < 4.78 is 43.6. The van der Waals surface area contributed by atoms with Crippen molar-refractivity contribution in [1.29, 1.82) is 5.26 Å². The normalized spacial score (nSPS) is 14.7. The number of hydrogen-bond donors (Lipinski definition) is 1. The van der Waals surface area contributed by atoms with E-state index in [1.165, 1.54) is 6.07 Å². The molecule has 162 valence electrons. The lowest BCUT2D eigenvalue weighted by Gasteiger charge is -2.20. The number of rotatable bonds is 6. The minimum Gasteiger partial charge on any atom is -0.347 e. The predicted octanol–water partition coefficient (Wildman–Crippen LogP) is 4.95. The fourth-order valence-corrected chi connectivity index (χ4v) is 5.22. The summed E-state index contributed by atoms with van der Waals surface area (Å²) in [6.45, 7) is 7.38. The van der Waals surface area contributed by atoms with Gasteiger partial charge in [0.05, 0.1) is 10.8 Å². The van der Waals surface area contributed by atoms with E-state index in [0.717, 1.165) is 41.4 Å². The van der Waals surface area contributed by atoms with Crippen LogP contribution in [0.2, 0.25) is 0 Å². The molecule has 4 rings (SSSR count). The molecule has 0 saturated heterocycles. The molecule has 0 atom stereocenters. The topological polar surface area (TPSA) is 74.9 Å². The molecule has 0 spiro atoms. The van der Waals surface area contributed by atoms with Crippen LogP contribution in [0.3, 0.4) is 0 Å². The van der Waals surface area contributed by atoms with Crippen LogP contribution in [0.25, 0.3) is 22.0 Å². The molecule has 1 fully saturated rings. The first kappa shape index (κ1) is 21.5. The van der Waals surface area contributed by atoms with Gasteiger partial charge in [-0.2, -0.15) is 5.26 Å². The Morgan fingerprint density at radius 1 is 1.23 bits per heavy atom. The number of hydrogen-bond acceptors (Lipinski definition) is 3. The van der Waals surface area contributed by atoms with Gasteiger partial charge in [0.15, 0.2) is 0 Å². The molecule has 2 aromatic carbocycles. The van der Waals surface area contributed by atoms with Crippen molar-refractivity contribution in [2.75, 3.05) is 0 Å². The highest BCUT2D eigenvalue weighted by Crippen LogP contribution is 2.33. The predicted molar refractivity (Wildman–Crippen MR) is 120 cm³/mol. The Balaban J connectivity index is 1.79. The van der Waals surface area contributed by atoms with Gasteiger partial charge in [-0.15, -0.1) is 0 Å². The quantitative estimate of drug-likeness (QED) is 0.591. The van der Waals surface area contributed by atoms with Crippen molar-refractivity contribution >= 4 is 20.9 Å². The minimum atomic E-state index is -3.28. The Labute approximate surface area is 182 Å². The van der Waals surface area contributed by atoms with Gasteiger partial charge in [-0.1, -0.05) is 45.0 Å². The van der Waals surface area contributed by atoms with E-state index < -0.39 is 15.8 Å². The lowest BCUT2D eigenvalue weighted by molar-refractivity contribution is 0.349. The minimum absolute atomic E-state index is 0.00338. The summed E-state index contributed by atoms with van der Waals surface area (Å²) in [5.41, 5.74) is 3.15. The van der Waals surface area contributed by atoms with Crippen molar-refractivity contribution in [2.24, 2.45) is 5.41 Å². The van der Waals surface area contributed by atoms with Crippen LogP contribution in [0, 0.1) is 22.6 Å². The van der Waals surface area contributed by atoms with Crippen LogP contribution in [-0.4, -0.2) is 18.2 Å². The average Bonchev–Trinajstić information content (AvgIpc) is 3.50. The third kappa shape index (κ3) is 4.51. The first-order valence-electron chi connectivity index (χ1n) is 10.4. The molecule has 7 heteroatoms. The van der Waals surface area contributed by atoms with E-state index in [4.69, 9.17) is 0 Å². The SMILES string of the molecule is CC(C)(C)Cn1cc(CNS(=O)(=O)C2CC2)c2ccc(-c3cccc(F)c3C#N)cc21. The highest BCUT2D eigenvalue weighted by molar-refractivity contribution is 7.90. The molecular formula is C24H26FN3O2S. The van der Waals surface area contributed by atoms with E-state index in [0.29, 0.717) is 5.56 Å². The van der Waals surface area contributed by atoms with Gasteiger partial charge in [-0.05, 0) is 41.5 Å². The second kappa shape index (κ2) is 7.77. The summed E-state index contributed by atoms with van der Waals surface area (Å²) in [6.07, 6.45) is 3.44. The van der Waals surface area contributed by atoms with E-state index >= 15 is 0 Å². The van der Waals surface area contributed by atoms with Crippen molar-refractivity contribution in [3.63, 3.8) is 0 Å². The highest BCUT2D eigenvalue weighted by atomic mass is 32.2. The molecule has 0 aliphatic heterocycles. The Morgan fingerprint density at radius 2 is 1.97 bits per heavy atom. The standard InChI is InChI=1S/C24H26FN3O2S/c1-24(2,3)15-28-14-17(13-27-31(29,30)18-8-9-18)20-10-7-16(11-23(20)28)19-5-4-6-22(25)21(19)12-26/h4-7,10-11,14,18,27H,8-9,13,15H2,1-3H3. The van der Waals surface area contributed by atoms with Gasteiger partial charge in [-0.3, -0.25) is 0 Å². The summed E-state index contributed by atoms with van der Waals surface area (Å²) >= 11 is 0. The Morgan fingerprint density at radius 3 is 2.61 bits per heavy atom. The number of sulfonamides is 1. The van der Waals surface area contributed by atoms with Crippen LogP contribution in [0.1, 0.15) is 44.7 Å². The third-order valence-corrected chi connectivity index (χ3v) is 7.37. The lowest BCUT2D eigenvalue weighted by atomic mass is 9.96. The van der Waals surface area contributed by atoms with Crippen molar-refractivity contribution in [3.05, 3.63) is 59.5 Å². The largest absolute Gasteiger partial charge is 0.347 e. The average molecular weight is 440 g/mol. The van der Waals surface area contributed by atoms with E-state index in [9.17, 15) is 18.1 Å². The number of halogens is 1. The Kier molecular flexibility index (Phi) is 5.40. The smallest absolute Gasteiger partial charge is 0.214 e. The van der Waals surface area contributed by atoms with Crippen LogP contribution in [0.4, 0.5) is 4.39 Å². The molecule has 1 aliphatic carbocycles. The van der Waals surface area contributed by atoms with Gasteiger partial charge in [0.25, 0.3) is 0 Å². The summed E-state index contributed by atoms with van der Waals surface area (Å²) in [6, 6.07) is 12.3. The lowest BCUT2D eigenvalue weighted by Crippen LogP contribution is -2.26. The maximum absolute atomic E-state index is 14.1. The van der Waals surface area contributed by atoms with E-state index in [1.807, 2.05) is 30.5 Å². The van der Waals surface area contributed by atoms with Crippen LogP contribution in [0.5, 0.6) is 0 Å². The fraction of sp³-hybridized carbons (Fsp3) is 0.375. The molecule has 0 radical (unpaired) electrons. The van der Waals surface area contributed by atoms with Crippen LogP contribution < -0.4 is 4.72 Å². The third-order valence-electron chi connectivity index (χ3n) is 5.47. The first-order valence-corrected chi connectivity index (χ1v) is 11.9. The maximum Gasteiger partial charge on any atom is 0.214 e. The summed E-state index contributed by atoms with van der Waals surface area (Å²) in [4.78, 5) is 0. The van der Waals surface area contributed by atoms with Gasteiger partial charge < -0.3 is 4.57 Å².